The third-order valence-electron chi connectivity index (χ3n) is 4.27. The maximum atomic E-state index is 13.0. The topological polar surface area (TPSA) is 78.0 Å². The molecule has 0 bridgehead atoms. The van der Waals surface area contributed by atoms with Crippen molar-refractivity contribution in [3.8, 4) is 0 Å². The van der Waals surface area contributed by atoms with Gasteiger partial charge in [0.2, 0.25) is 5.91 Å². The fraction of sp³-hybridized carbons (Fsp3) is 0.471. The molecule has 3 rings (SSSR count). The largest absolute Gasteiger partial charge is 0.370 e. The van der Waals surface area contributed by atoms with Crippen LogP contribution in [0.1, 0.15) is 30.2 Å². The number of carbonyl (C=O) groups is 1. The van der Waals surface area contributed by atoms with Crippen molar-refractivity contribution in [1.29, 1.82) is 0 Å². The summed E-state index contributed by atoms with van der Waals surface area (Å²) in [6.45, 7) is 6.41. The van der Waals surface area contributed by atoms with Gasteiger partial charge in [-0.1, -0.05) is 24.8 Å². The molecule has 1 amide bonds. The molecule has 1 atom stereocenters. The van der Waals surface area contributed by atoms with Gasteiger partial charge < -0.3 is 5.73 Å². The van der Waals surface area contributed by atoms with Crippen LogP contribution in [0.4, 0.5) is 0 Å². The van der Waals surface area contributed by atoms with E-state index in [2.05, 4.69) is 13.5 Å². The summed E-state index contributed by atoms with van der Waals surface area (Å²) in [6.07, 6.45) is 5.07. The van der Waals surface area contributed by atoms with E-state index in [9.17, 15) is 9.59 Å². The fourth-order valence-electron chi connectivity index (χ4n) is 3.05. The minimum Gasteiger partial charge on any atom is -0.370 e. The number of carbonyl (C=O) groups excluding carboxylic acids is 1. The Bertz CT molecular complexity index is 854. The average Bonchev–Trinajstić information content (AvgIpc) is 2.87. The zero-order valence-electron chi connectivity index (χ0n) is 13.7. The quantitative estimate of drug-likeness (QED) is 0.486. The first kappa shape index (κ1) is 17.2. The Morgan fingerprint density at radius 1 is 1.58 bits per heavy atom. The highest BCUT2D eigenvalue weighted by molar-refractivity contribution is 7.99. The van der Waals surface area contributed by atoms with E-state index >= 15 is 0 Å². The number of aryl methyl sites for hydroxylation is 1. The number of hydrogen-bond donors (Lipinski definition) is 1. The van der Waals surface area contributed by atoms with Crippen LogP contribution in [0.3, 0.4) is 0 Å². The fourth-order valence-corrected chi connectivity index (χ4v) is 5.43. The minimum atomic E-state index is -0.346. The molecule has 0 spiro atoms. The lowest BCUT2D eigenvalue weighted by molar-refractivity contribution is -0.117. The van der Waals surface area contributed by atoms with Gasteiger partial charge in [-0.3, -0.25) is 14.2 Å². The van der Waals surface area contributed by atoms with E-state index in [1.807, 2.05) is 0 Å². The molecule has 2 aromatic heterocycles. The van der Waals surface area contributed by atoms with Gasteiger partial charge in [-0.05, 0) is 30.7 Å². The number of primary amides is 1. The molecule has 0 aromatic carbocycles. The number of thioether (sulfide) groups is 1. The molecular weight excluding hydrogens is 342 g/mol. The van der Waals surface area contributed by atoms with Crippen molar-refractivity contribution in [3.63, 3.8) is 0 Å². The summed E-state index contributed by atoms with van der Waals surface area (Å²) < 4.78 is 1.66. The van der Waals surface area contributed by atoms with Crippen molar-refractivity contribution in [2.45, 2.75) is 44.3 Å². The molecule has 24 heavy (non-hydrogen) atoms. The number of thiophene rings is 1. The molecule has 1 aliphatic rings. The number of fused-ring (bicyclic) bond motifs is 3. The van der Waals surface area contributed by atoms with E-state index < -0.39 is 0 Å². The molecule has 5 nitrogen and oxygen atoms in total. The normalized spacial score (nSPS) is 17.0. The third-order valence-corrected chi connectivity index (χ3v) is 6.40. The van der Waals surface area contributed by atoms with Gasteiger partial charge >= 0.3 is 0 Å². The second-order valence-electron chi connectivity index (χ2n) is 6.20. The van der Waals surface area contributed by atoms with Gasteiger partial charge in [0, 0.05) is 23.6 Å². The number of aromatic nitrogens is 2. The van der Waals surface area contributed by atoms with Crippen molar-refractivity contribution in [2.75, 3.05) is 5.75 Å². The lowest BCUT2D eigenvalue weighted by Crippen LogP contribution is -2.23. The lowest BCUT2D eigenvalue weighted by atomic mass is 9.89. The second-order valence-corrected chi connectivity index (χ2v) is 8.34. The number of amides is 1. The summed E-state index contributed by atoms with van der Waals surface area (Å²) in [6, 6.07) is 0. The molecule has 2 aromatic rings. The smallest absolute Gasteiger partial charge is 0.263 e. The Balaban J connectivity index is 2.08. The Kier molecular flexibility index (Phi) is 5.10. The van der Waals surface area contributed by atoms with E-state index in [1.165, 1.54) is 22.2 Å². The van der Waals surface area contributed by atoms with Crippen LogP contribution < -0.4 is 11.3 Å². The minimum absolute atomic E-state index is 0.00790. The number of nitrogens with zero attached hydrogens (tertiary/aromatic N) is 2. The van der Waals surface area contributed by atoms with E-state index in [1.54, 1.807) is 22.0 Å². The van der Waals surface area contributed by atoms with E-state index in [0.29, 0.717) is 23.4 Å². The first-order valence-corrected chi connectivity index (χ1v) is 9.88. The molecule has 0 saturated carbocycles. The molecule has 2 heterocycles. The Labute approximate surface area is 149 Å². The van der Waals surface area contributed by atoms with Crippen LogP contribution in [0, 0.1) is 5.92 Å². The maximum Gasteiger partial charge on any atom is 0.263 e. The maximum absolute atomic E-state index is 13.0. The highest BCUT2D eigenvalue weighted by atomic mass is 32.2. The number of allylic oxidation sites excluding steroid dienone is 1. The SMILES string of the molecule is C=CCn1c(SCCC(N)=O)nc2sc3c(c2c1=O)CC[C@@H](C)C3. The van der Waals surface area contributed by atoms with Gasteiger partial charge in [0.1, 0.15) is 4.83 Å². The van der Waals surface area contributed by atoms with Crippen LogP contribution in [-0.4, -0.2) is 21.2 Å². The van der Waals surface area contributed by atoms with Crippen molar-refractivity contribution >= 4 is 39.2 Å². The monoisotopic (exact) mass is 363 g/mol. The summed E-state index contributed by atoms with van der Waals surface area (Å²) >= 11 is 3.04. The van der Waals surface area contributed by atoms with Crippen LogP contribution in [-0.2, 0) is 24.2 Å². The zero-order valence-corrected chi connectivity index (χ0v) is 15.3. The van der Waals surface area contributed by atoms with Crippen molar-refractivity contribution < 1.29 is 4.79 Å². The molecule has 2 N–H and O–H groups in total. The highest BCUT2D eigenvalue weighted by Gasteiger charge is 2.24. The van der Waals surface area contributed by atoms with Crippen LogP contribution in [0.2, 0.25) is 0 Å². The van der Waals surface area contributed by atoms with E-state index in [4.69, 9.17) is 10.7 Å². The van der Waals surface area contributed by atoms with Gasteiger partial charge in [0.15, 0.2) is 5.16 Å². The molecule has 7 heteroatoms. The molecular formula is C17H21N3O2S2. The Morgan fingerprint density at radius 2 is 2.38 bits per heavy atom. The Morgan fingerprint density at radius 3 is 3.08 bits per heavy atom. The standard InChI is InChI=1S/C17H21N3O2S2/c1-3-7-20-16(22)14-11-5-4-10(2)9-12(11)24-15(14)19-17(20)23-8-6-13(18)21/h3,10H,1,4-9H2,2H3,(H2,18,21)/t10-/m1/s1. The first-order valence-electron chi connectivity index (χ1n) is 8.08. The van der Waals surface area contributed by atoms with E-state index in [0.717, 1.165) is 29.5 Å². The average molecular weight is 364 g/mol. The van der Waals surface area contributed by atoms with Crippen molar-refractivity contribution in [1.82, 2.24) is 9.55 Å². The summed E-state index contributed by atoms with van der Waals surface area (Å²) in [5, 5.41) is 1.42. The van der Waals surface area contributed by atoms with Gasteiger partial charge in [0.25, 0.3) is 5.56 Å². The predicted octanol–water partition coefficient (Wildman–Crippen LogP) is 2.74. The van der Waals surface area contributed by atoms with Crippen LogP contribution >= 0.6 is 23.1 Å². The summed E-state index contributed by atoms with van der Waals surface area (Å²) in [5.41, 5.74) is 6.40. The van der Waals surface area contributed by atoms with Crippen LogP contribution in [0.5, 0.6) is 0 Å². The van der Waals surface area contributed by atoms with Gasteiger partial charge in [-0.15, -0.1) is 17.9 Å². The first-order chi connectivity index (χ1) is 11.5. The molecule has 0 radical (unpaired) electrons. The predicted molar refractivity (Wildman–Crippen MR) is 99.8 cm³/mol. The zero-order chi connectivity index (χ0) is 17.3. The molecule has 128 valence electrons. The van der Waals surface area contributed by atoms with Gasteiger partial charge in [0.05, 0.1) is 5.39 Å². The summed E-state index contributed by atoms with van der Waals surface area (Å²) in [5.74, 6) is 0.833. The van der Waals surface area contributed by atoms with Crippen molar-refractivity contribution in [2.24, 2.45) is 11.7 Å². The number of nitrogens with two attached hydrogens (primary N) is 1. The highest BCUT2D eigenvalue weighted by Crippen LogP contribution is 2.36. The van der Waals surface area contributed by atoms with Crippen LogP contribution in [0.15, 0.2) is 22.6 Å². The molecule has 1 aliphatic carbocycles. The lowest BCUT2D eigenvalue weighted by Gasteiger charge is -2.17. The van der Waals surface area contributed by atoms with Crippen LogP contribution in [0.25, 0.3) is 10.2 Å². The second kappa shape index (κ2) is 7.11. The molecule has 0 aliphatic heterocycles. The van der Waals surface area contributed by atoms with Gasteiger partial charge in [-0.25, -0.2) is 4.98 Å². The number of hydrogen-bond acceptors (Lipinski definition) is 5. The summed E-state index contributed by atoms with van der Waals surface area (Å²) in [4.78, 5) is 30.8. The third kappa shape index (κ3) is 3.28. The molecule has 0 saturated heterocycles. The Hall–Kier alpha value is -1.60. The summed E-state index contributed by atoms with van der Waals surface area (Å²) in [7, 11) is 0. The molecule has 0 unspecified atom stereocenters. The van der Waals surface area contributed by atoms with E-state index in [-0.39, 0.29) is 17.9 Å². The number of rotatable bonds is 6. The van der Waals surface area contributed by atoms with Gasteiger partial charge in [-0.2, -0.15) is 0 Å². The van der Waals surface area contributed by atoms with Crippen molar-refractivity contribution in [3.05, 3.63) is 33.4 Å². The molecule has 0 fully saturated rings.